The second kappa shape index (κ2) is 8.36. The Morgan fingerprint density at radius 3 is 2.79 bits per heavy atom. The summed E-state index contributed by atoms with van der Waals surface area (Å²) in [7, 11) is 0. The second-order valence-corrected chi connectivity index (χ2v) is 8.56. The van der Waals surface area contributed by atoms with Gasteiger partial charge in [0.2, 0.25) is 5.91 Å². The Kier molecular flexibility index (Phi) is 6.10. The van der Waals surface area contributed by atoms with Crippen molar-refractivity contribution in [1.29, 1.82) is 0 Å². The van der Waals surface area contributed by atoms with E-state index in [1.807, 2.05) is 20.8 Å². The third-order valence-corrected chi connectivity index (χ3v) is 5.64. The lowest BCUT2D eigenvalue weighted by Crippen LogP contribution is -2.35. The Labute approximate surface area is 172 Å². The van der Waals surface area contributed by atoms with Gasteiger partial charge in [-0.2, -0.15) is 5.10 Å². The van der Waals surface area contributed by atoms with Crippen molar-refractivity contribution in [2.24, 2.45) is 0 Å². The summed E-state index contributed by atoms with van der Waals surface area (Å²) in [5, 5.41) is 10.6. The number of halogens is 1. The quantitative estimate of drug-likeness (QED) is 0.777. The molecule has 0 aliphatic carbocycles. The fraction of sp³-hybridized carbons (Fsp3) is 0.368. The fourth-order valence-corrected chi connectivity index (χ4v) is 4.14. The predicted molar refractivity (Wildman–Crippen MR) is 111 cm³/mol. The number of hydrogen-bond acceptors (Lipinski definition) is 5. The van der Waals surface area contributed by atoms with E-state index in [1.54, 1.807) is 43.1 Å². The molecule has 2 aromatic heterocycles. The molecule has 1 atom stereocenters. The Morgan fingerprint density at radius 1 is 1.36 bits per heavy atom. The molecule has 0 saturated carbocycles. The summed E-state index contributed by atoms with van der Waals surface area (Å²) >= 11 is 7.84. The number of amides is 2. The molecule has 3 heterocycles. The average molecular weight is 420 g/mol. The minimum atomic E-state index is -0.360. The molecule has 9 heteroatoms. The first-order valence-electron chi connectivity index (χ1n) is 8.92. The van der Waals surface area contributed by atoms with Crippen molar-refractivity contribution in [2.45, 2.75) is 39.0 Å². The van der Waals surface area contributed by atoms with Gasteiger partial charge in [-0.1, -0.05) is 11.6 Å². The predicted octanol–water partition coefficient (Wildman–Crippen LogP) is 2.87. The first-order chi connectivity index (χ1) is 13.3. The van der Waals surface area contributed by atoms with Crippen LogP contribution < -0.4 is 10.6 Å². The van der Waals surface area contributed by atoms with Crippen LogP contribution in [0.3, 0.4) is 0 Å². The maximum absolute atomic E-state index is 13.0. The molecule has 2 aromatic rings. The highest BCUT2D eigenvalue weighted by Gasteiger charge is 2.30. The van der Waals surface area contributed by atoms with Gasteiger partial charge in [0.15, 0.2) is 5.82 Å². The van der Waals surface area contributed by atoms with Crippen LogP contribution in [0.1, 0.15) is 37.0 Å². The monoisotopic (exact) mass is 419 g/mol. The third-order valence-electron chi connectivity index (χ3n) is 4.16. The summed E-state index contributed by atoms with van der Waals surface area (Å²) in [6.07, 6.45) is 1.59. The zero-order valence-electron chi connectivity index (χ0n) is 16.1. The molecule has 0 radical (unpaired) electrons. The van der Waals surface area contributed by atoms with Crippen LogP contribution in [-0.4, -0.2) is 43.6 Å². The number of nitrogens with zero attached hydrogens (tertiary/aromatic N) is 3. The molecule has 0 spiro atoms. The van der Waals surface area contributed by atoms with Gasteiger partial charge < -0.3 is 10.6 Å². The molecule has 0 bridgehead atoms. The zero-order chi connectivity index (χ0) is 20.4. The van der Waals surface area contributed by atoms with Gasteiger partial charge in [0.05, 0.1) is 10.7 Å². The molecule has 0 saturated heterocycles. The highest BCUT2D eigenvalue weighted by Crippen LogP contribution is 2.31. The summed E-state index contributed by atoms with van der Waals surface area (Å²) in [6, 6.07) is 5.09. The molecule has 0 fully saturated rings. The zero-order valence-corrected chi connectivity index (χ0v) is 17.7. The van der Waals surface area contributed by atoms with Crippen molar-refractivity contribution in [3.05, 3.63) is 52.1 Å². The van der Waals surface area contributed by atoms with E-state index in [4.69, 9.17) is 11.6 Å². The number of nitrogens with one attached hydrogen (secondary N) is 2. The van der Waals surface area contributed by atoms with E-state index in [0.29, 0.717) is 39.3 Å². The Balaban J connectivity index is 1.93. The molecule has 1 aliphatic rings. The lowest BCUT2D eigenvalue weighted by atomic mass is 10.1. The molecule has 148 valence electrons. The van der Waals surface area contributed by atoms with E-state index in [0.717, 1.165) is 0 Å². The average Bonchev–Trinajstić information content (AvgIpc) is 3.18. The molecule has 1 aliphatic heterocycles. The largest absolute Gasteiger partial charge is 0.350 e. The lowest BCUT2D eigenvalue weighted by Gasteiger charge is -2.14. The second-order valence-electron chi connectivity index (χ2n) is 6.82. The van der Waals surface area contributed by atoms with Gasteiger partial charge in [-0.3, -0.25) is 9.59 Å². The number of aryl methyl sites for hydroxylation is 1. The summed E-state index contributed by atoms with van der Waals surface area (Å²) in [5.41, 5.74) is 2.19. The van der Waals surface area contributed by atoms with Crippen LogP contribution in [0.4, 0.5) is 0 Å². The Morgan fingerprint density at radius 2 is 2.11 bits per heavy atom. The topological polar surface area (TPSA) is 88.9 Å². The highest BCUT2D eigenvalue weighted by atomic mass is 35.5. The van der Waals surface area contributed by atoms with Gasteiger partial charge in [-0.25, -0.2) is 9.67 Å². The summed E-state index contributed by atoms with van der Waals surface area (Å²) in [5.74, 6) is 0.420. The molecule has 3 rings (SSSR count). The number of pyridine rings is 1. The number of carbonyl (C=O) groups is 2. The summed E-state index contributed by atoms with van der Waals surface area (Å²) in [4.78, 5) is 29.8. The fourth-order valence-electron chi connectivity index (χ4n) is 2.87. The number of hydrogen-bond donors (Lipinski definition) is 2. The molecule has 2 N–H and O–H groups in total. The molecule has 2 amide bonds. The van der Waals surface area contributed by atoms with E-state index in [1.165, 1.54) is 4.68 Å². The molecular formula is C19H22ClN5O2S. The molecule has 0 aromatic carbocycles. The normalized spacial score (nSPS) is 16.6. The van der Waals surface area contributed by atoms with Crippen LogP contribution in [0.5, 0.6) is 0 Å². The van der Waals surface area contributed by atoms with Gasteiger partial charge in [-0.15, -0.1) is 11.8 Å². The smallest absolute Gasteiger partial charge is 0.274 e. The van der Waals surface area contributed by atoms with Crippen molar-refractivity contribution in [1.82, 2.24) is 25.4 Å². The minimum absolute atomic E-state index is 0.00719. The van der Waals surface area contributed by atoms with Crippen molar-refractivity contribution in [3.8, 4) is 5.82 Å². The van der Waals surface area contributed by atoms with Crippen molar-refractivity contribution in [2.75, 3.05) is 5.75 Å². The van der Waals surface area contributed by atoms with Gasteiger partial charge in [0, 0.05) is 34.5 Å². The number of carbonyl (C=O) groups excluding carboxylic acids is 2. The van der Waals surface area contributed by atoms with Crippen molar-refractivity contribution >= 4 is 35.2 Å². The van der Waals surface area contributed by atoms with Crippen LogP contribution >= 0.6 is 23.4 Å². The summed E-state index contributed by atoms with van der Waals surface area (Å²) < 4.78 is 1.42. The van der Waals surface area contributed by atoms with E-state index >= 15 is 0 Å². The third kappa shape index (κ3) is 4.23. The standard InChI is InChI=1S/C19H22ClN5O2S/c1-10(2)22-18(26)13-9-28-12(4)16(13)23-19(27)15-8-11(3)24-25(15)17-14(20)6-5-7-21-17/h5-8,10,12H,9H2,1-4H3,(H,22,26)(H,23,27). The van der Waals surface area contributed by atoms with Crippen LogP contribution in [-0.2, 0) is 4.79 Å². The SMILES string of the molecule is Cc1cc(C(=O)NC2=C(C(=O)NC(C)C)CSC2C)n(-c2ncccc2Cl)n1. The first kappa shape index (κ1) is 20.4. The van der Waals surface area contributed by atoms with E-state index in [-0.39, 0.29) is 23.1 Å². The maximum Gasteiger partial charge on any atom is 0.274 e. The highest BCUT2D eigenvalue weighted by molar-refractivity contribution is 8.00. The van der Waals surface area contributed by atoms with E-state index < -0.39 is 0 Å². The van der Waals surface area contributed by atoms with Gasteiger partial charge in [0.25, 0.3) is 5.91 Å². The van der Waals surface area contributed by atoms with Gasteiger partial charge >= 0.3 is 0 Å². The van der Waals surface area contributed by atoms with E-state index in [9.17, 15) is 9.59 Å². The minimum Gasteiger partial charge on any atom is -0.350 e. The van der Waals surface area contributed by atoms with Gasteiger partial charge in [0.1, 0.15) is 5.69 Å². The van der Waals surface area contributed by atoms with Crippen LogP contribution in [0.2, 0.25) is 5.02 Å². The van der Waals surface area contributed by atoms with Crippen LogP contribution in [0, 0.1) is 6.92 Å². The van der Waals surface area contributed by atoms with Crippen LogP contribution in [0.25, 0.3) is 5.82 Å². The van der Waals surface area contributed by atoms with Crippen molar-refractivity contribution < 1.29 is 9.59 Å². The Bertz CT molecular complexity index is 954. The molecule has 28 heavy (non-hydrogen) atoms. The van der Waals surface area contributed by atoms with Gasteiger partial charge in [-0.05, 0) is 45.9 Å². The Hall–Kier alpha value is -2.32. The molecular weight excluding hydrogens is 398 g/mol. The van der Waals surface area contributed by atoms with E-state index in [2.05, 4.69) is 20.7 Å². The number of aromatic nitrogens is 3. The maximum atomic E-state index is 13.0. The van der Waals surface area contributed by atoms with Crippen molar-refractivity contribution in [3.63, 3.8) is 0 Å². The van der Waals surface area contributed by atoms with Crippen LogP contribution in [0.15, 0.2) is 35.7 Å². The molecule has 1 unspecified atom stereocenters. The first-order valence-corrected chi connectivity index (χ1v) is 10.3. The number of thioether (sulfide) groups is 1. The summed E-state index contributed by atoms with van der Waals surface area (Å²) in [6.45, 7) is 7.56. The molecule has 7 nitrogen and oxygen atoms in total. The lowest BCUT2D eigenvalue weighted by molar-refractivity contribution is -0.117. The number of rotatable bonds is 5.